The molecule has 0 spiro atoms. The van der Waals surface area contributed by atoms with Crippen molar-refractivity contribution in [3.8, 4) is 0 Å². The first-order valence-electron chi connectivity index (χ1n) is 4.20. The zero-order valence-corrected chi connectivity index (χ0v) is 7.00. The highest BCUT2D eigenvalue weighted by Gasteiger charge is 2.29. The van der Waals surface area contributed by atoms with Gasteiger partial charge < -0.3 is 4.74 Å². The SMILES string of the molecule is O=C1OCC[C@H]1c1ccccc1F. The van der Waals surface area contributed by atoms with Crippen molar-refractivity contribution < 1.29 is 13.9 Å². The highest BCUT2D eigenvalue weighted by atomic mass is 19.1. The average molecular weight is 180 g/mol. The summed E-state index contributed by atoms with van der Waals surface area (Å²) in [5.74, 6) is -1.04. The molecule has 0 saturated carbocycles. The molecule has 1 fully saturated rings. The van der Waals surface area contributed by atoms with E-state index in [1.54, 1.807) is 18.2 Å². The van der Waals surface area contributed by atoms with Gasteiger partial charge in [-0.25, -0.2) is 4.39 Å². The molecule has 0 bridgehead atoms. The van der Waals surface area contributed by atoms with E-state index >= 15 is 0 Å². The topological polar surface area (TPSA) is 26.3 Å². The molecule has 2 nitrogen and oxygen atoms in total. The maximum absolute atomic E-state index is 13.2. The Balaban J connectivity index is 2.34. The number of cyclic esters (lactones) is 1. The second-order valence-electron chi connectivity index (χ2n) is 3.03. The van der Waals surface area contributed by atoms with Gasteiger partial charge in [0.1, 0.15) is 5.82 Å². The largest absolute Gasteiger partial charge is 0.465 e. The fourth-order valence-electron chi connectivity index (χ4n) is 1.54. The van der Waals surface area contributed by atoms with Crippen molar-refractivity contribution >= 4 is 5.97 Å². The number of hydrogen-bond donors (Lipinski definition) is 0. The number of halogens is 1. The third kappa shape index (κ3) is 1.41. The summed E-state index contributed by atoms with van der Waals surface area (Å²) in [6, 6.07) is 6.33. The van der Waals surface area contributed by atoms with Gasteiger partial charge in [0.05, 0.1) is 12.5 Å². The Morgan fingerprint density at radius 3 is 2.77 bits per heavy atom. The first kappa shape index (κ1) is 8.23. The first-order chi connectivity index (χ1) is 6.29. The molecule has 0 amide bonds. The molecule has 2 rings (SSSR count). The van der Waals surface area contributed by atoms with Crippen molar-refractivity contribution in [1.29, 1.82) is 0 Å². The quantitative estimate of drug-likeness (QED) is 0.616. The number of hydrogen-bond acceptors (Lipinski definition) is 2. The Hall–Kier alpha value is -1.38. The summed E-state index contributed by atoms with van der Waals surface area (Å²) in [5, 5.41) is 0. The zero-order valence-electron chi connectivity index (χ0n) is 7.00. The maximum atomic E-state index is 13.2. The Morgan fingerprint density at radius 2 is 2.15 bits per heavy atom. The first-order valence-corrected chi connectivity index (χ1v) is 4.20. The van der Waals surface area contributed by atoms with Crippen LogP contribution in [0.25, 0.3) is 0 Å². The molecule has 1 aromatic carbocycles. The number of carbonyl (C=O) groups excluding carboxylic acids is 1. The third-order valence-electron chi connectivity index (χ3n) is 2.22. The summed E-state index contributed by atoms with van der Waals surface area (Å²) in [7, 11) is 0. The van der Waals surface area contributed by atoms with Gasteiger partial charge in [-0.05, 0) is 12.5 Å². The standard InChI is InChI=1S/C10H9FO2/c11-9-4-2-1-3-7(9)8-5-6-13-10(8)12/h1-4,8H,5-6H2/t8-/m0/s1. The molecule has 1 aliphatic heterocycles. The second kappa shape index (κ2) is 3.17. The molecule has 0 N–H and O–H groups in total. The van der Waals surface area contributed by atoms with Crippen LogP contribution in [0.5, 0.6) is 0 Å². The van der Waals surface area contributed by atoms with Crippen LogP contribution in [0.1, 0.15) is 17.9 Å². The molecule has 0 radical (unpaired) electrons. The van der Waals surface area contributed by atoms with E-state index in [1.165, 1.54) is 6.07 Å². The molecule has 1 saturated heterocycles. The fraction of sp³-hybridized carbons (Fsp3) is 0.300. The van der Waals surface area contributed by atoms with Gasteiger partial charge in [0.2, 0.25) is 0 Å². The van der Waals surface area contributed by atoms with Gasteiger partial charge >= 0.3 is 5.97 Å². The molecular formula is C10H9FO2. The van der Waals surface area contributed by atoms with Gasteiger partial charge in [0, 0.05) is 5.56 Å². The minimum atomic E-state index is -0.402. The average Bonchev–Trinajstić information content (AvgIpc) is 2.52. The molecule has 68 valence electrons. The van der Waals surface area contributed by atoms with Crippen LogP contribution in [0.15, 0.2) is 24.3 Å². The van der Waals surface area contributed by atoms with E-state index in [4.69, 9.17) is 4.74 Å². The van der Waals surface area contributed by atoms with Crippen molar-refractivity contribution in [1.82, 2.24) is 0 Å². The van der Waals surface area contributed by atoms with Gasteiger partial charge in [-0.2, -0.15) is 0 Å². The van der Waals surface area contributed by atoms with Crippen LogP contribution in [-0.4, -0.2) is 12.6 Å². The van der Waals surface area contributed by atoms with Gasteiger partial charge in [-0.3, -0.25) is 4.79 Å². The van der Waals surface area contributed by atoms with Crippen LogP contribution in [0, 0.1) is 5.82 Å². The molecular weight excluding hydrogens is 171 g/mol. The highest BCUT2D eigenvalue weighted by molar-refractivity contribution is 5.79. The van der Waals surface area contributed by atoms with Gasteiger partial charge in [-0.1, -0.05) is 18.2 Å². The molecule has 1 aromatic rings. The molecule has 0 aliphatic carbocycles. The maximum Gasteiger partial charge on any atom is 0.313 e. The molecule has 1 atom stereocenters. The fourth-order valence-corrected chi connectivity index (χ4v) is 1.54. The number of esters is 1. The smallest absolute Gasteiger partial charge is 0.313 e. The predicted molar refractivity (Wildman–Crippen MR) is 44.7 cm³/mol. The Morgan fingerprint density at radius 1 is 1.38 bits per heavy atom. The van der Waals surface area contributed by atoms with Crippen LogP contribution >= 0.6 is 0 Å². The lowest BCUT2D eigenvalue weighted by molar-refractivity contribution is -0.139. The molecule has 0 unspecified atom stereocenters. The number of ether oxygens (including phenoxy) is 1. The monoisotopic (exact) mass is 180 g/mol. The summed E-state index contributed by atoms with van der Waals surface area (Å²) in [4.78, 5) is 11.1. The van der Waals surface area contributed by atoms with Crippen LogP contribution in [0.4, 0.5) is 4.39 Å². The van der Waals surface area contributed by atoms with Gasteiger partial charge in [0.15, 0.2) is 0 Å². The van der Waals surface area contributed by atoms with E-state index in [0.29, 0.717) is 18.6 Å². The lowest BCUT2D eigenvalue weighted by atomic mass is 9.97. The van der Waals surface area contributed by atoms with E-state index in [1.807, 2.05) is 0 Å². The van der Waals surface area contributed by atoms with E-state index in [2.05, 4.69) is 0 Å². The summed E-state index contributed by atoms with van der Waals surface area (Å²) >= 11 is 0. The van der Waals surface area contributed by atoms with Crippen molar-refractivity contribution in [2.75, 3.05) is 6.61 Å². The van der Waals surface area contributed by atoms with Crippen molar-refractivity contribution in [2.45, 2.75) is 12.3 Å². The van der Waals surface area contributed by atoms with E-state index in [-0.39, 0.29) is 11.8 Å². The molecule has 13 heavy (non-hydrogen) atoms. The minimum absolute atomic E-state index is 0.315. The molecule has 1 heterocycles. The van der Waals surface area contributed by atoms with Crippen molar-refractivity contribution in [3.05, 3.63) is 35.6 Å². The minimum Gasteiger partial charge on any atom is -0.465 e. The lowest BCUT2D eigenvalue weighted by Gasteiger charge is -2.05. The lowest BCUT2D eigenvalue weighted by Crippen LogP contribution is -2.07. The van der Waals surface area contributed by atoms with Crippen LogP contribution in [0.3, 0.4) is 0 Å². The summed E-state index contributed by atoms with van der Waals surface area (Å²) in [5.41, 5.74) is 0.449. The van der Waals surface area contributed by atoms with Crippen LogP contribution < -0.4 is 0 Å². The number of benzene rings is 1. The zero-order chi connectivity index (χ0) is 9.26. The van der Waals surface area contributed by atoms with Gasteiger partial charge in [-0.15, -0.1) is 0 Å². The van der Waals surface area contributed by atoms with Crippen LogP contribution in [-0.2, 0) is 9.53 Å². The van der Waals surface area contributed by atoms with Crippen molar-refractivity contribution in [2.24, 2.45) is 0 Å². The normalized spacial score (nSPS) is 21.6. The summed E-state index contributed by atoms with van der Waals surface area (Å²) in [6.45, 7) is 0.401. The highest BCUT2D eigenvalue weighted by Crippen LogP contribution is 2.27. The second-order valence-corrected chi connectivity index (χ2v) is 3.03. The van der Waals surface area contributed by atoms with Crippen molar-refractivity contribution in [3.63, 3.8) is 0 Å². The Kier molecular flexibility index (Phi) is 2.00. The van der Waals surface area contributed by atoms with Gasteiger partial charge in [0.25, 0.3) is 0 Å². The van der Waals surface area contributed by atoms with E-state index in [0.717, 1.165) is 0 Å². The molecule has 0 aromatic heterocycles. The Bertz CT molecular complexity index is 335. The number of rotatable bonds is 1. The molecule has 1 aliphatic rings. The summed E-state index contributed by atoms with van der Waals surface area (Å²) in [6.07, 6.45) is 0.583. The Labute approximate surface area is 75.3 Å². The number of carbonyl (C=O) groups is 1. The third-order valence-corrected chi connectivity index (χ3v) is 2.22. The van der Waals surface area contributed by atoms with Crippen LogP contribution in [0.2, 0.25) is 0 Å². The summed E-state index contributed by atoms with van der Waals surface area (Å²) < 4.78 is 18.0. The van der Waals surface area contributed by atoms with E-state index < -0.39 is 5.92 Å². The molecule has 3 heteroatoms. The van der Waals surface area contributed by atoms with E-state index in [9.17, 15) is 9.18 Å². The predicted octanol–water partition coefficient (Wildman–Crippen LogP) is 1.86.